The number of halogens is 2. The fourth-order valence-electron chi connectivity index (χ4n) is 2.35. The lowest BCUT2D eigenvalue weighted by atomic mass is 9.89. The first kappa shape index (κ1) is 13.3. The molecule has 1 unspecified atom stereocenters. The molecule has 100 valence electrons. The van der Waals surface area contributed by atoms with Crippen molar-refractivity contribution >= 4 is 0 Å². The largest absolute Gasteiger partial charge is 0.484 e. The molecule has 1 aromatic rings. The van der Waals surface area contributed by atoms with Crippen molar-refractivity contribution in [3.63, 3.8) is 0 Å². The lowest BCUT2D eigenvalue weighted by molar-refractivity contribution is 0.0598. The third-order valence-electron chi connectivity index (χ3n) is 3.17. The van der Waals surface area contributed by atoms with E-state index in [1.54, 1.807) is 6.07 Å². The molecule has 2 rings (SSSR count). The monoisotopic (exact) mass is 255 g/mol. The molecule has 1 heterocycles. The Hall–Kier alpha value is -1.16. The summed E-state index contributed by atoms with van der Waals surface area (Å²) in [5.41, 5.74) is 0.217. The number of rotatable bonds is 3. The van der Waals surface area contributed by atoms with Gasteiger partial charge in [-0.05, 0) is 32.9 Å². The van der Waals surface area contributed by atoms with Gasteiger partial charge in [-0.2, -0.15) is 4.39 Å². The van der Waals surface area contributed by atoms with E-state index in [2.05, 4.69) is 12.2 Å². The van der Waals surface area contributed by atoms with E-state index in [9.17, 15) is 8.78 Å². The van der Waals surface area contributed by atoms with Gasteiger partial charge in [0.25, 0.3) is 0 Å². The van der Waals surface area contributed by atoms with Gasteiger partial charge in [-0.3, -0.25) is 0 Å². The van der Waals surface area contributed by atoms with Crippen LogP contribution in [0, 0.1) is 11.6 Å². The molecular formula is C14H19F2NO. The average molecular weight is 255 g/mol. The second kappa shape index (κ2) is 4.84. The highest BCUT2D eigenvalue weighted by atomic mass is 19.2. The Kier molecular flexibility index (Phi) is 3.57. The zero-order valence-electron chi connectivity index (χ0n) is 11.0. The van der Waals surface area contributed by atoms with Crippen molar-refractivity contribution in [1.29, 1.82) is 0 Å². The van der Waals surface area contributed by atoms with Crippen LogP contribution in [0.2, 0.25) is 0 Å². The zero-order valence-corrected chi connectivity index (χ0v) is 11.0. The Morgan fingerprint density at radius 1 is 1.39 bits per heavy atom. The minimum Gasteiger partial charge on any atom is -0.484 e. The summed E-state index contributed by atoms with van der Waals surface area (Å²) in [6.45, 7) is 6.70. The van der Waals surface area contributed by atoms with Gasteiger partial charge < -0.3 is 10.1 Å². The highest BCUT2D eigenvalue weighted by molar-refractivity contribution is 5.40. The first-order valence-corrected chi connectivity index (χ1v) is 6.35. The maximum Gasteiger partial charge on any atom is 0.200 e. The minimum atomic E-state index is -0.886. The zero-order chi connectivity index (χ0) is 13.3. The first-order valence-electron chi connectivity index (χ1n) is 6.35. The van der Waals surface area contributed by atoms with Crippen LogP contribution >= 0.6 is 0 Å². The van der Waals surface area contributed by atoms with Gasteiger partial charge >= 0.3 is 0 Å². The van der Waals surface area contributed by atoms with Crippen molar-refractivity contribution in [3.05, 3.63) is 29.3 Å². The lowest BCUT2D eigenvalue weighted by Crippen LogP contribution is -2.40. The van der Waals surface area contributed by atoms with Crippen LogP contribution in [0.3, 0.4) is 0 Å². The molecule has 2 nitrogen and oxygen atoms in total. The van der Waals surface area contributed by atoms with Gasteiger partial charge in [0.05, 0.1) is 0 Å². The topological polar surface area (TPSA) is 21.3 Å². The number of fused-ring (bicyclic) bond motifs is 1. The summed E-state index contributed by atoms with van der Waals surface area (Å²) in [5.74, 6) is -1.69. The van der Waals surface area contributed by atoms with E-state index in [0.717, 1.165) is 25.5 Å². The third kappa shape index (κ3) is 2.48. The highest BCUT2D eigenvalue weighted by Crippen LogP contribution is 2.41. The molecule has 0 amide bonds. The van der Waals surface area contributed by atoms with Crippen molar-refractivity contribution in [1.82, 2.24) is 5.32 Å². The smallest absolute Gasteiger partial charge is 0.200 e. The first-order chi connectivity index (χ1) is 8.44. The molecule has 0 aliphatic carbocycles. The molecule has 1 aliphatic rings. The van der Waals surface area contributed by atoms with Gasteiger partial charge in [0.2, 0.25) is 5.82 Å². The summed E-state index contributed by atoms with van der Waals surface area (Å²) in [5, 5.41) is 3.36. The second-order valence-electron chi connectivity index (χ2n) is 5.35. The van der Waals surface area contributed by atoms with E-state index in [0.29, 0.717) is 5.56 Å². The van der Waals surface area contributed by atoms with Gasteiger partial charge in [0, 0.05) is 18.0 Å². The van der Waals surface area contributed by atoms with Crippen LogP contribution in [0.5, 0.6) is 5.75 Å². The summed E-state index contributed by atoms with van der Waals surface area (Å²) in [7, 11) is 0. The fraction of sp³-hybridized carbons (Fsp3) is 0.571. The van der Waals surface area contributed by atoms with E-state index >= 15 is 0 Å². The van der Waals surface area contributed by atoms with Gasteiger partial charge in [-0.15, -0.1) is 0 Å². The van der Waals surface area contributed by atoms with Crippen LogP contribution in [0.4, 0.5) is 8.78 Å². The number of hydrogen-bond donors (Lipinski definition) is 1. The predicted octanol–water partition coefficient (Wildman–Crippen LogP) is 3.57. The summed E-state index contributed by atoms with van der Waals surface area (Å²) in [4.78, 5) is 0. The molecule has 0 saturated carbocycles. The molecular weight excluding hydrogens is 236 g/mol. The van der Waals surface area contributed by atoms with Crippen molar-refractivity contribution in [2.24, 2.45) is 0 Å². The number of ether oxygens (including phenoxy) is 1. The van der Waals surface area contributed by atoms with Crippen LogP contribution in [-0.2, 0) is 0 Å². The van der Waals surface area contributed by atoms with Crippen LogP contribution in [0.1, 0.15) is 45.2 Å². The SMILES string of the molecule is CCCNC1CC(C)(C)Oc2c1ccc(F)c2F. The Balaban J connectivity index is 2.40. The molecule has 0 fully saturated rings. The van der Waals surface area contributed by atoms with Crippen molar-refractivity contribution in [2.45, 2.75) is 45.3 Å². The Morgan fingerprint density at radius 3 is 2.78 bits per heavy atom. The lowest BCUT2D eigenvalue weighted by Gasteiger charge is -2.38. The Labute approximate surface area is 106 Å². The van der Waals surface area contributed by atoms with Crippen LogP contribution in [0.15, 0.2) is 12.1 Å². The molecule has 0 saturated heterocycles. The second-order valence-corrected chi connectivity index (χ2v) is 5.35. The molecule has 4 heteroatoms. The van der Waals surface area contributed by atoms with Crippen molar-refractivity contribution in [3.8, 4) is 5.75 Å². The molecule has 0 bridgehead atoms. The molecule has 1 N–H and O–H groups in total. The number of nitrogens with one attached hydrogen (secondary N) is 1. The fourth-order valence-corrected chi connectivity index (χ4v) is 2.35. The normalized spacial score (nSPS) is 21.3. The molecule has 1 aliphatic heterocycles. The predicted molar refractivity (Wildman–Crippen MR) is 66.7 cm³/mol. The molecule has 18 heavy (non-hydrogen) atoms. The average Bonchev–Trinajstić information content (AvgIpc) is 2.30. The van der Waals surface area contributed by atoms with E-state index in [-0.39, 0.29) is 11.8 Å². The Bertz CT molecular complexity index is 446. The van der Waals surface area contributed by atoms with Gasteiger partial charge in [-0.25, -0.2) is 4.39 Å². The van der Waals surface area contributed by atoms with E-state index in [1.165, 1.54) is 0 Å². The van der Waals surface area contributed by atoms with Crippen molar-refractivity contribution in [2.75, 3.05) is 6.54 Å². The summed E-state index contributed by atoms with van der Waals surface area (Å²) >= 11 is 0. The number of benzene rings is 1. The molecule has 1 aromatic carbocycles. The standard InChI is InChI=1S/C14H19F2NO/c1-4-7-17-11-8-14(2,3)18-13-9(11)5-6-10(15)12(13)16/h5-6,11,17H,4,7-8H2,1-3H3. The van der Waals surface area contributed by atoms with E-state index < -0.39 is 17.2 Å². The molecule has 0 aromatic heterocycles. The van der Waals surface area contributed by atoms with Gasteiger partial charge in [0.15, 0.2) is 11.6 Å². The minimum absolute atomic E-state index is 0.0128. The highest BCUT2D eigenvalue weighted by Gasteiger charge is 2.35. The Morgan fingerprint density at radius 2 is 2.11 bits per heavy atom. The van der Waals surface area contributed by atoms with Gasteiger partial charge in [0.1, 0.15) is 5.60 Å². The summed E-state index contributed by atoms with van der Waals surface area (Å²) in [6.07, 6.45) is 1.74. The summed E-state index contributed by atoms with van der Waals surface area (Å²) in [6, 6.07) is 2.78. The molecule has 0 radical (unpaired) electrons. The van der Waals surface area contributed by atoms with Crippen LogP contribution < -0.4 is 10.1 Å². The van der Waals surface area contributed by atoms with Gasteiger partial charge in [-0.1, -0.05) is 13.0 Å². The quantitative estimate of drug-likeness (QED) is 0.891. The summed E-state index contributed by atoms with van der Waals surface area (Å²) < 4.78 is 32.6. The number of hydrogen-bond acceptors (Lipinski definition) is 2. The molecule has 1 atom stereocenters. The third-order valence-corrected chi connectivity index (χ3v) is 3.17. The molecule has 0 spiro atoms. The maximum atomic E-state index is 13.8. The van der Waals surface area contributed by atoms with Crippen LogP contribution in [-0.4, -0.2) is 12.1 Å². The van der Waals surface area contributed by atoms with Crippen molar-refractivity contribution < 1.29 is 13.5 Å². The van der Waals surface area contributed by atoms with E-state index in [4.69, 9.17) is 4.74 Å². The van der Waals surface area contributed by atoms with E-state index in [1.807, 2.05) is 13.8 Å². The maximum absolute atomic E-state index is 13.8. The van der Waals surface area contributed by atoms with Crippen LogP contribution in [0.25, 0.3) is 0 Å².